The number of carbonyl (C=O) groups excluding carboxylic acids is 1. The number of aryl methyl sites for hydroxylation is 1. The van der Waals surface area contributed by atoms with Gasteiger partial charge in [0.2, 0.25) is 5.91 Å². The van der Waals surface area contributed by atoms with Gasteiger partial charge in [0.1, 0.15) is 0 Å². The summed E-state index contributed by atoms with van der Waals surface area (Å²) in [6.45, 7) is 10.4. The minimum absolute atomic E-state index is 0.0289. The van der Waals surface area contributed by atoms with Gasteiger partial charge in [0, 0.05) is 5.69 Å². The van der Waals surface area contributed by atoms with Crippen molar-refractivity contribution in [2.24, 2.45) is 5.92 Å². The Kier molecular flexibility index (Phi) is 5.39. The van der Waals surface area contributed by atoms with Gasteiger partial charge in [0.25, 0.3) is 0 Å². The van der Waals surface area contributed by atoms with Crippen molar-refractivity contribution < 1.29 is 4.79 Å². The third-order valence-electron chi connectivity index (χ3n) is 3.01. The second-order valence-corrected chi connectivity index (χ2v) is 6.32. The van der Waals surface area contributed by atoms with Crippen LogP contribution in [-0.2, 0) is 4.79 Å². The van der Waals surface area contributed by atoms with Gasteiger partial charge in [-0.2, -0.15) is 0 Å². The zero-order valence-corrected chi connectivity index (χ0v) is 13.3. The van der Waals surface area contributed by atoms with Crippen LogP contribution in [0.5, 0.6) is 0 Å². The summed E-state index contributed by atoms with van der Waals surface area (Å²) in [4.78, 5) is 12.0. The quantitative estimate of drug-likeness (QED) is 0.816. The number of rotatable bonds is 4. The van der Waals surface area contributed by atoms with Crippen LogP contribution in [-0.4, -0.2) is 10.7 Å². The highest BCUT2D eigenvalue weighted by molar-refractivity contribution is 9.10. The van der Waals surface area contributed by atoms with Crippen LogP contribution in [0.3, 0.4) is 0 Å². The van der Waals surface area contributed by atoms with Gasteiger partial charge in [-0.3, -0.25) is 4.79 Å². The lowest BCUT2D eigenvalue weighted by Gasteiger charge is -2.19. The first-order chi connectivity index (χ1) is 8.34. The van der Waals surface area contributed by atoms with Gasteiger partial charge in [0.05, 0.1) is 4.83 Å². The second kappa shape index (κ2) is 6.37. The van der Waals surface area contributed by atoms with Crippen LogP contribution in [0.25, 0.3) is 0 Å². The first kappa shape index (κ1) is 15.2. The molecule has 1 aromatic rings. The van der Waals surface area contributed by atoms with E-state index in [1.165, 1.54) is 5.56 Å². The molecule has 1 atom stereocenters. The first-order valence-corrected chi connectivity index (χ1v) is 7.30. The van der Waals surface area contributed by atoms with Crippen LogP contribution < -0.4 is 5.32 Å². The summed E-state index contributed by atoms with van der Waals surface area (Å²) in [6, 6.07) is 6.14. The fraction of sp³-hybridized carbons (Fsp3) is 0.533. The molecular weight excluding hydrogens is 290 g/mol. The molecule has 100 valence electrons. The summed E-state index contributed by atoms with van der Waals surface area (Å²) in [5, 5.41) is 3.06. The minimum Gasteiger partial charge on any atom is -0.325 e. The number of para-hydroxylation sites is 1. The van der Waals surface area contributed by atoms with Crippen molar-refractivity contribution in [1.29, 1.82) is 0 Å². The van der Waals surface area contributed by atoms with Crippen molar-refractivity contribution >= 4 is 27.5 Å². The van der Waals surface area contributed by atoms with Gasteiger partial charge < -0.3 is 5.32 Å². The molecule has 0 saturated carbocycles. The van der Waals surface area contributed by atoms with E-state index in [0.29, 0.717) is 5.92 Å². The number of anilines is 1. The van der Waals surface area contributed by atoms with E-state index in [1.54, 1.807) is 0 Å². The van der Waals surface area contributed by atoms with E-state index in [1.807, 2.05) is 32.9 Å². The molecule has 0 aliphatic rings. The van der Waals surface area contributed by atoms with E-state index < -0.39 is 0 Å². The number of benzene rings is 1. The standard InChI is InChI=1S/C15H22BrNO/c1-9(2)12-8-6-7-11(5)14(12)17-15(18)13(16)10(3)4/h6-10,13H,1-5H3,(H,17,18). The Labute approximate surface area is 118 Å². The highest BCUT2D eigenvalue weighted by Crippen LogP contribution is 2.28. The molecule has 1 aromatic carbocycles. The van der Waals surface area contributed by atoms with Gasteiger partial charge in [-0.1, -0.05) is 61.8 Å². The van der Waals surface area contributed by atoms with Gasteiger partial charge in [-0.05, 0) is 29.9 Å². The van der Waals surface area contributed by atoms with E-state index in [2.05, 4.69) is 41.2 Å². The van der Waals surface area contributed by atoms with Gasteiger partial charge in [-0.15, -0.1) is 0 Å². The predicted molar refractivity (Wildman–Crippen MR) is 81.5 cm³/mol. The molecule has 0 aliphatic carbocycles. The summed E-state index contributed by atoms with van der Waals surface area (Å²) in [5.41, 5.74) is 3.26. The van der Waals surface area contributed by atoms with Crippen molar-refractivity contribution in [3.8, 4) is 0 Å². The monoisotopic (exact) mass is 311 g/mol. The van der Waals surface area contributed by atoms with Crippen LogP contribution in [0.1, 0.15) is 44.7 Å². The van der Waals surface area contributed by atoms with E-state index in [-0.39, 0.29) is 16.7 Å². The van der Waals surface area contributed by atoms with Crippen molar-refractivity contribution in [3.63, 3.8) is 0 Å². The molecule has 3 heteroatoms. The number of carbonyl (C=O) groups is 1. The van der Waals surface area contributed by atoms with E-state index >= 15 is 0 Å². The molecule has 0 radical (unpaired) electrons. The Morgan fingerprint density at radius 1 is 1.22 bits per heavy atom. The number of hydrogen-bond donors (Lipinski definition) is 1. The van der Waals surface area contributed by atoms with Gasteiger partial charge in [0.15, 0.2) is 0 Å². The van der Waals surface area contributed by atoms with Crippen molar-refractivity contribution in [3.05, 3.63) is 29.3 Å². The maximum absolute atomic E-state index is 12.1. The highest BCUT2D eigenvalue weighted by atomic mass is 79.9. The molecular formula is C15H22BrNO. The van der Waals surface area contributed by atoms with Crippen LogP contribution in [0.4, 0.5) is 5.69 Å². The van der Waals surface area contributed by atoms with E-state index in [4.69, 9.17) is 0 Å². The lowest BCUT2D eigenvalue weighted by atomic mass is 9.98. The smallest absolute Gasteiger partial charge is 0.238 e. The van der Waals surface area contributed by atoms with Crippen molar-refractivity contribution in [1.82, 2.24) is 0 Å². The molecule has 1 unspecified atom stereocenters. The van der Waals surface area contributed by atoms with Crippen molar-refractivity contribution in [2.75, 3.05) is 5.32 Å². The molecule has 0 aliphatic heterocycles. The van der Waals surface area contributed by atoms with Crippen LogP contribution in [0.2, 0.25) is 0 Å². The number of alkyl halides is 1. The SMILES string of the molecule is Cc1cccc(C(C)C)c1NC(=O)C(Br)C(C)C. The minimum atomic E-state index is -0.155. The summed E-state index contributed by atoms with van der Waals surface area (Å²) >= 11 is 3.44. The third-order valence-corrected chi connectivity index (χ3v) is 4.48. The average Bonchev–Trinajstić information content (AvgIpc) is 2.30. The summed E-state index contributed by atoms with van der Waals surface area (Å²) < 4.78 is 0. The number of hydrogen-bond acceptors (Lipinski definition) is 1. The molecule has 0 aromatic heterocycles. The summed E-state index contributed by atoms with van der Waals surface area (Å²) in [6.07, 6.45) is 0. The van der Waals surface area contributed by atoms with Crippen molar-refractivity contribution in [2.45, 2.75) is 45.4 Å². The topological polar surface area (TPSA) is 29.1 Å². The van der Waals surface area contributed by atoms with Crippen LogP contribution >= 0.6 is 15.9 Å². The van der Waals surface area contributed by atoms with Crippen LogP contribution in [0, 0.1) is 12.8 Å². The predicted octanol–water partition coefficient (Wildman–Crippen LogP) is 4.48. The lowest BCUT2D eigenvalue weighted by molar-refractivity contribution is -0.116. The molecule has 0 saturated heterocycles. The molecule has 18 heavy (non-hydrogen) atoms. The zero-order valence-electron chi connectivity index (χ0n) is 11.8. The molecule has 1 N–H and O–H groups in total. The lowest BCUT2D eigenvalue weighted by Crippen LogP contribution is -2.27. The molecule has 0 heterocycles. The van der Waals surface area contributed by atoms with Crippen LogP contribution in [0.15, 0.2) is 18.2 Å². The molecule has 0 spiro atoms. The second-order valence-electron chi connectivity index (χ2n) is 5.33. The molecule has 2 nitrogen and oxygen atoms in total. The Hall–Kier alpha value is -0.830. The van der Waals surface area contributed by atoms with E-state index in [0.717, 1.165) is 11.3 Å². The maximum atomic E-state index is 12.1. The van der Waals surface area contributed by atoms with Gasteiger partial charge >= 0.3 is 0 Å². The molecule has 0 fully saturated rings. The zero-order chi connectivity index (χ0) is 13.9. The number of halogens is 1. The van der Waals surface area contributed by atoms with E-state index in [9.17, 15) is 4.79 Å². The molecule has 1 rings (SSSR count). The third kappa shape index (κ3) is 3.58. The largest absolute Gasteiger partial charge is 0.325 e. The summed E-state index contributed by atoms with van der Waals surface area (Å²) in [7, 11) is 0. The Balaban J connectivity index is 3.00. The molecule has 0 bridgehead atoms. The average molecular weight is 312 g/mol. The maximum Gasteiger partial charge on any atom is 0.238 e. The Morgan fingerprint density at radius 3 is 2.33 bits per heavy atom. The highest BCUT2D eigenvalue weighted by Gasteiger charge is 2.20. The fourth-order valence-electron chi connectivity index (χ4n) is 1.84. The Morgan fingerprint density at radius 2 is 1.83 bits per heavy atom. The summed E-state index contributed by atoms with van der Waals surface area (Å²) in [5.74, 6) is 0.700. The fourth-order valence-corrected chi connectivity index (χ4v) is 1.95. The number of amides is 1. The Bertz CT molecular complexity index is 427. The normalized spacial score (nSPS) is 12.9. The van der Waals surface area contributed by atoms with Gasteiger partial charge in [-0.25, -0.2) is 0 Å². The first-order valence-electron chi connectivity index (χ1n) is 6.39. The number of nitrogens with one attached hydrogen (secondary N) is 1. The molecule has 1 amide bonds.